The third-order valence-corrected chi connectivity index (χ3v) is 4.87. The summed E-state index contributed by atoms with van der Waals surface area (Å²) in [5.41, 5.74) is 1.88. The number of aromatic hydroxyl groups is 1. The Morgan fingerprint density at radius 1 is 1.52 bits per heavy atom. The summed E-state index contributed by atoms with van der Waals surface area (Å²) in [6.07, 6.45) is 1.88. The van der Waals surface area contributed by atoms with E-state index >= 15 is 0 Å². The van der Waals surface area contributed by atoms with Gasteiger partial charge >= 0.3 is 0 Å². The van der Waals surface area contributed by atoms with Crippen LogP contribution in [0.5, 0.6) is 5.75 Å². The maximum absolute atomic E-state index is 14.4. The molecule has 0 spiro atoms. The number of rotatable bonds is 3. The lowest BCUT2D eigenvalue weighted by atomic mass is 9.96. The number of nitrogens with zero attached hydrogens (tertiary/aromatic N) is 1. The fourth-order valence-electron chi connectivity index (χ4n) is 3.01. The van der Waals surface area contributed by atoms with Crippen molar-refractivity contribution in [3.63, 3.8) is 0 Å². The molecule has 2 aliphatic heterocycles. The van der Waals surface area contributed by atoms with Crippen LogP contribution in [0.1, 0.15) is 18.9 Å². The smallest absolute Gasteiger partial charge is 0.151 e. The van der Waals surface area contributed by atoms with E-state index in [4.69, 9.17) is 0 Å². The topological polar surface area (TPSA) is 47.5 Å². The van der Waals surface area contributed by atoms with Crippen molar-refractivity contribution in [1.29, 1.82) is 0 Å². The van der Waals surface area contributed by atoms with Crippen LogP contribution in [0.4, 0.5) is 10.1 Å². The molecule has 2 aliphatic rings. The Kier molecular flexibility index (Phi) is 3.99. The first-order valence-electron chi connectivity index (χ1n) is 7.16. The van der Waals surface area contributed by atoms with E-state index in [0.717, 1.165) is 30.6 Å². The van der Waals surface area contributed by atoms with Crippen molar-refractivity contribution in [2.75, 3.05) is 17.4 Å². The van der Waals surface area contributed by atoms with Crippen LogP contribution in [-0.2, 0) is 6.42 Å². The van der Waals surface area contributed by atoms with Gasteiger partial charge in [-0.3, -0.25) is 4.31 Å². The summed E-state index contributed by atoms with van der Waals surface area (Å²) >= 11 is 1.24. The van der Waals surface area contributed by atoms with Crippen LogP contribution in [0.15, 0.2) is 24.4 Å². The van der Waals surface area contributed by atoms with E-state index < -0.39 is 0 Å². The van der Waals surface area contributed by atoms with Crippen LogP contribution in [0.25, 0.3) is 0 Å². The van der Waals surface area contributed by atoms with Crippen LogP contribution in [0, 0.1) is 11.7 Å². The molecule has 2 heterocycles. The van der Waals surface area contributed by atoms with Gasteiger partial charge in [0, 0.05) is 11.7 Å². The third-order valence-electron chi connectivity index (χ3n) is 3.95. The van der Waals surface area contributed by atoms with Gasteiger partial charge in [-0.25, -0.2) is 4.39 Å². The first-order chi connectivity index (χ1) is 10.0. The van der Waals surface area contributed by atoms with E-state index in [1.807, 2.05) is 0 Å². The molecular formula is C15H20FN3OS. The minimum atomic E-state index is -0.381. The third kappa shape index (κ3) is 3.11. The number of anilines is 1. The summed E-state index contributed by atoms with van der Waals surface area (Å²) in [6.45, 7) is 7.40. The molecule has 114 valence electrons. The maximum Gasteiger partial charge on any atom is 0.151 e. The van der Waals surface area contributed by atoms with Gasteiger partial charge < -0.3 is 15.1 Å². The molecule has 1 aromatic rings. The monoisotopic (exact) mass is 309 g/mol. The van der Waals surface area contributed by atoms with Gasteiger partial charge in [0.15, 0.2) is 5.82 Å². The molecule has 0 bridgehead atoms. The lowest BCUT2D eigenvalue weighted by molar-refractivity contribution is 0.468. The zero-order valence-electron chi connectivity index (χ0n) is 12.0. The number of phenolic OH excluding ortho intramolecular Hbond substituents is 1. The number of benzene rings is 1. The number of hydrogen-bond donors (Lipinski definition) is 3. The number of phenols is 1. The summed E-state index contributed by atoms with van der Waals surface area (Å²) < 4.78 is 19.0. The van der Waals surface area contributed by atoms with Crippen LogP contribution in [-0.4, -0.2) is 24.2 Å². The van der Waals surface area contributed by atoms with E-state index in [9.17, 15) is 9.50 Å². The van der Waals surface area contributed by atoms with E-state index in [2.05, 4.69) is 23.5 Å². The number of nitrogens with one attached hydrogen (secondary N) is 2. The molecule has 0 aliphatic carbocycles. The highest BCUT2D eigenvalue weighted by molar-refractivity contribution is 7.99. The average molecular weight is 309 g/mol. The lowest BCUT2D eigenvalue weighted by Gasteiger charge is -2.18. The second kappa shape index (κ2) is 5.77. The molecular weight excluding hydrogens is 289 g/mol. The van der Waals surface area contributed by atoms with Gasteiger partial charge in [0.1, 0.15) is 11.4 Å². The standard InChI is InChI=1S/C15H20FN3OS/c1-9-3-12(7-17-9)4-11-5-13(16)15(14(20)6-11)19-8-10(2)18-21-19/h5-6,9,12,17-18,20H,2-4,7-8H2,1H3. The molecule has 2 saturated heterocycles. The van der Waals surface area contributed by atoms with Crippen molar-refractivity contribution in [2.24, 2.45) is 5.92 Å². The Morgan fingerprint density at radius 2 is 2.33 bits per heavy atom. The van der Waals surface area contributed by atoms with Gasteiger partial charge in [0.05, 0.1) is 18.7 Å². The summed E-state index contributed by atoms with van der Waals surface area (Å²) in [5.74, 6) is 0.119. The molecule has 2 fully saturated rings. The van der Waals surface area contributed by atoms with Crippen LogP contribution in [0.2, 0.25) is 0 Å². The molecule has 0 radical (unpaired) electrons. The van der Waals surface area contributed by atoms with Gasteiger partial charge in [-0.15, -0.1) is 0 Å². The maximum atomic E-state index is 14.4. The van der Waals surface area contributed by atoms with Crippen molar-refractivity contribution < 1.29 is 9.50 Å². The summed E-state index contributed by atoms with van der Waals surface area (Å²) in [5, 5.41) is 13.6. The van der Waals surface area contributed by atoms with Gasteiger partial charge in [-0.2, -0.15) is 0 Å². The van der Waals surface area contributed by atoms with Gasteiger partial charge in [-0.05, 0) is 49.9 Å². The van der Waals surface area contributed by atoms with E-state index in [1.54, 1.807) is 16.4 Å². The molecule has 0 saturated carbocycles. The Bertz CT molecular complexity index is 543. The lowest BCUT2D eigenvalue weighted by Crippen LogP contribution is -2.17. The van der Waals surface area contributed by atoms with Crippen molar-refractivity contribution >= 4 is 17.8 Å². The Balaban J connectivity index is 1.77. The number of hydrogen-bond acceptors (Lipinski definition) is 5. The zero-order chi connectivity index (χ0) is 15.0. The van der Waals surface area contributed by atoms with Crippen molar-refractivity contribution in [3.05, 3.63) is 35.8 Å². The predicted octanol–water partition coefficient (Wildman–Crippen LogP) is 2.56. The quantitative estimate of drug-likeness (QED) is 0.749. The average Bonchev–Trinajstić information content (AvgIpc) is 2.98. The molecule has 0 amide bonds. The molecule has 3 N–H and O–H groups in total. The normalized spacial score (nSPS) is 25.4. The molecule has 0 aromatic heterocycles. The van der Waals surface area contributed by atoms with Crippen molar-refractivity contribution in [3.8, 4) is 5.75 Å². The van der Waals surface area contributed by atoms with Crippen LogP contribution >= 0.6 is 12.1 Å². The second-order valence-electron chi connectivity index (χ2n) is 5.89. The largest absolute Gasteiger partial charge is 0.506 e. The highest BCUT2D eigenvalue weighted by Crippen LogP contribution is 2.38. The summed E-state index contributed by atoms with van der Waals surface area (Å²) in [7, 11) is 0. The van der Waals surface area contributed by atoms with Gasteiger partial charge in [0.25, 0.3) is 0 Å². The fourth-order valence-corrected chi connectivity index (χ4v) is 3.81. The first kappa shape index (κ1) is 14.5. The second-order valence-corrected chi connectivity index (χ2v) is 6.72. The van der Waals surface area contributed by atoms with Crippen LogP contribution < -0.4 is 14.3 Å². The molecule has 21 heavy (non-hydrogen) atoms. The van der Waals surface area contributed by atoms with Gasteiger partial charge in [0.2, 0.25) is 0 Å². The van der Waals surface area contributed by atoms with E-state index in [-0.39, 0.29) is 17.3 Å². The highest BCUT2D eigenvalue weighted by Gasteiger charge is 2.25. The molecule has 1 aromatic carbocycles. The molecule has 4 nitrogen and oxygen atoms in total. The Labute approximate surface area is 128 Å². The van der Waals surface area contributed by atoms with Crippen molar-refractivity contribution in [2.45, 2.75) is 25.8 Å². The van der Waals surface area contributed by atoms with E-state index in [1.165, 1.54) is 12.1 Å². The Hall–Kier alpha value is -1.40. The van der Waals surface area contributed by atoms with Crippen molar-refractivity contribution in [1.82, 2.24) is 10.0 Å². The Morgan fingerprint density at radius 3 is 2.90 bits per heavy atom. The predicted molar refractivity (Wildman–Crippen MR) is 84.6 cm³/mol. The minimum Gasteiger partial charge on any atom is -0.506 e. The minimum absolute atomic E-state index is 0.00648. The summed E-state index contributed by atoms with van der Waals surface area (Å²) in [6, 6.07) is 3.74. The summed E-state index contributed by atoms with van der Waals surface area (Å²) in [4.78, 5) is 0. The first-order valence-corrected chi connectivity index (χ1v) is 7.93. The van der Waals surface area contributed by atoms with Gasteiger partial charge in [-0.1, -0.05) is 6.58 Å². The number of halogens is 1. The van der Waals surface area contributed by atoms with Crippen LogP contribution in [0.3, 0.4) is 0 Å². The fraction of sp³-hybridized carbons (Fsp3) is 0.467. The molecule has 2 unspecified atom stereocenters. The molecule has 2 atom stereocenters. The highest BCUT2D eigenvalue weighted by atomic mass is 32.2. The molecule has 3 rings (SSSR count). The zero-order valence-corrected chi connectivity index (χ0v) is 12.8. The SMILES string of the molecule is C=C1CN(c2c(O)cc(CC3CNC(C)C3)cc2F)SN1. The van der Waals surface area contributed by atoms with E-state index in [0.29, 0.717) is 18.5 Å². The molecule has 6 heteroatoms.